The highest BCUT2D eigenvalue weighted by Crippen LogP contribution is 2.20. The van der Waals surface area contributed by atoms with Crippen molar-refractivity contribution in [1.82, 2.24) is 15.2 Å². The first kappa shape index (κ1) is 15.2. The molecule has 20 heavy (non-hydrogen) atoms. The molecule has 0 aromatic carbocycles. The third kappa shape index (κ3) is 5.09. The van der Waals surface area contributed by atoms with Crippen molar-refractivity contribution in [1.29, 1.82) is 0 Å². The topological polar surface area (TPSA) is 45.2 Å². The number of carbonyl (C=O) groups is 1. The van der Waals surface area contributed by atoms with Crippen LogP contribution in [0.2, 0.25) is 0 Å². The molecule has 1 aliphatic rings. The van der Waals surface area contributed by atoms with E-state index in [1.165, 1.54) is 16.2 Å². The predicted molar refractivity (Wildman–Crippen MR) is 69.5 cm³/mol. The summed E-state index contributed by atoms with van der Waals surface area (Å²) in [6.07, 6.45) is -0.917. The van der Waals surface area contributed by atoms with E-state index in [2.05, 4.69) is 10.3 Å². The molecule has 1 fully saturated rings. The normalized spacial score (nSPS) is 20.2. The van der Waals surface area contributed by atoms with Gasteiger partial charge in [-0.1, -0.05) is 0 Å². The third-order valence-corrected chi connectivity index (χ3v) is 3.96. The molecule has 112 valence electrons. The van der Waals surface area contributed by atoms with E-state index in [0.717, 1.165) is 4.88 Å². The summed E-state index contributed by atoms with van der Waals surface area (Å²) in [5.41, 5.74) is 1.71. The highest BCUT2D eigenvalue weighted by Gasteiger charge is 2.34. The number of nitrogens with zero attached hydrogens (tertiary/aromatic N) is 2. The molecule has 0 saturated carbocycles. The van der Waals surface area contributed by atoms with Crippen molar-refractivity contribution < 1.29 is 18.0 Å². The van der Waals surface area contributed by atoms with Crippen molar-refractivity contribution in [3.63, 3.8) is 0 Å². The Kier molecular flexibility index (Phi) is 4.98. The van der Waals surface area contributed by atoms with E-state index < -0.39 is 12.7 Å². The number of alkyl halides is 3. The van der Waals surface area contributed by atoms with Crippen LogP contribution in [0.1, 0.15) is 17.7 Å². The van der Waals surface area contributed by atoms with Crippen LogP contribution in [0.3, 0.4) is 0 Å². The summed E-state index contributed by atoms with van der Waals surface area (Å²) in [4.78, 5) is 18.0. The zero-order chi connectivity index (χ0) is 14.6. The van der Waals surface area contributed by atoms with Gasteiger partial charge in [0.15, 0.2) is 0 Å². The molecule has 2 heterocycles. The van der Waals surface area contributed by atoms with E-state index in [9.17, 15) is 18.0 Å². The fraction of sp³-hybridized carbons (Fsp3) is 0.667. The molecule has 0 aliphatic carbocycles. The molecule has 1 atom stereocenters. The smallest absolute Gasteiger partial charge is 0.352 e. The van der Waals surface area contributed by atoms with Gasteiger partial charge in [-0.25, -0.2) is 0 Å². The van der Waals surface area contributed by atoms with Crippen LogP contribution in [0.5, 0.6) is 0 Å². The maximum Gasteiger partial charge on any atom is 0.401 e. The molecule has 0 radical (unpaired) electrons. The molecule has 1 aliphatic heterocycles. The minimum absolute atomic E-state index is 0.114. The van der Waals surface area contributed by atoms with Gasteiger partial charge in [0.2, 0.25) is 5.91 Å². The minimum Gasteiger partial charge on any atom is -0.352 e. The molecule has 4 nitrogen and oxygen atoms in total. The van der Waals surface area contributed by atoms with Crippen molar-refractivity contribution in [2.75, 3.05) is 19.6 Å². The Morgan fingerprint density at radius 2 is 2.35 bits per heavy atom. The Hall–Kier alpha value is -1.15. The summed E-state index contributed by atoms with van der Waals surface area (Å²) in [6.45, 7) is -0.259. The van der Waals surface area contributed by atoms with Gasteiger partial charge in [0.05, 0.1) is 12.1 Å². The van der Waals surface area contributed by atoms with Crippen molar-refractivity contribution in [3.05, 3.63) is 16.6 Å². The first-order valence-electron chi connectivity index (χ1n) is 6.38. The van der Waals surface area contributed by atoms with Crippen LogP contribution in [0, 0.1) is 0 Å². The summed E-state index contributed by atoms with van der Waals surface area (Å²) in [5, 5.41) is 2.79. The second-order valence-corrected chi connectivity index (χ2v) is 5.84. The Labute approximate surface area is 119 Å². The van der Waals surface area contributed by atoms with Crippen molar-refractivity contribution in [3.8, 4) is 0 Å². The molecule has 2 rings (SSSR count). The van der Waals surface area contributed by atoms with E-state index in [1.54, 1.807) is 11.7 Å². The molecular weight excluding hydrogens is 291 g/mol. The summed E-state index contributed by atoms with van der Waals surface area (Å²) in [5.74, 6) is -0.114. The van der Waals surface area contributed by atoms with Crippen LogP contribution in [-0.2, 0) is 11.2 Å². The molecule has 0 bridgehead atoms. The van der Waals surface area contributed by atoms with Gasteiger partial charge in [-0.15, -0.1) is 11.3 Å². The SMILES string of the molecule is O=C(CCc1cncs1)NC1CCN(CC(F)(F)F)C1. The number of nitrogens with one attached hydrogen (secondary N) is 1. The lowest BCUT2D eigenvalue weighted by molar-refractivity contribution is -0.143. The van der Waals surface area contributed by atoms with E-state index >= 15 is 0 Å². The summed E-state index contributed by atoms with van der Waals surface area (Å²) >= 11 is 1.49. The first-order valence-corrected chi connectivity index (χ1v) is 7.26. The molecule has 1 aromatic rings. The molecule has 1 saturated heterocycles. The van der Waals surface area contributed by atoms with E-state index in [4.69, 9.17) is 0 Å². The van der Waals surface area contributed by atoms with Gasteiger partial charge in [-0.3, -0.25) is 14.7 Å². The molecular formula is C12H16F3N3OS. The molecule has 0 spiro atoms. The summed E-state index contributed by atoms with van der Waals surface area (Å²) < 4.78 is 36.7. The predicted octanol–water partition coefficient (Wildman–Crippen LogP) is 1.83. The second kappa shape index (κ2) is 6.53. The lowest BCUT2D eigenvalue weighted by atomic mass is 10.2. The van der Waals surface area contributed by atoms with E-state index in [-0.39, 0.29) is 18.5 Å². The minimum atomic E-state index is -4.18. The number of halogens is 3. The van der Waals surface area contributed by atoms with Crippen LogP contribution >= 0.6 is 11.3 Å². The van der Waals surface area contributed by atoms with Gasteiger partial charge in [-0.2, -0.15) is 13.2 Å². The van der Waals surface area contributed by atoms with Crippen molar-refractivity contribution in [2.45, 2.75) is 31.5 Å². The van der Waals surface area contributed by atoms with Gasteiger partial charge >= 0.3 is 6.18 Å². The summed E-state index contributed by atoms with van der Waals surface area (Å²) in [7, 11) is 0. The van der Waals surface area contributed by atoms with Gasteiger partial charge in [0, 0.05) is 36.6 Å². The number of carbonyl (C=O) groups excluding carboxylic acids is 1. The van der Waals surface area contributed by atoms with Gasteiger partial charge in [0.25, 0.3) is 0 Å². The van der Waals surface area contributed by atoms with Crippen molar-refractivity contribution >= 4 is 17.2 Å². The van der Waals surface area contributed by atoms with Crippen LogP contribution in [0.25, 0.3) is 0 Å². The number of hydrogen-bond donors (Lipinski definition) is 1. The highest BCUT2D eigenvalue weighted by molar-refractivity contribution is 7.09. The largest absolute Gasteiger partial charge is 0.401 e. The van der Waals surface area contributed by atoms with Crippen molar-refractivity contribution in [2.24, 2.45) is 0 Å². The van der Waals surface area contributed by atoms with Gasteiger partial charge in [0.1, 0.15) is 0 Å². The average molecular weight is 307 g/mol. The molecule has 8 heteroatoms. The first-order chi connectivity index (χ1) is 9.42. The quantitative estimate of drug-likeness (QED) is 0.902. The van der Waals surface area contributed by atoms with Gasteiger partial charge < -0.3 is 5.32 Å². The van der Waals surface area contributed by atoms with Crippen LogP contribution in [0.4, 0.5) is 13.2 Å². The Balaban J connectivity index is 1.68. The van der Waals surface area contributed by atoms with Crippen LogP contribution < -0.4 is 5.32 Å². The third-order valence-electron chi connectivity index (χ3n) is 3.12. The number of thiazole rings is 1. The zero-order valence-corrected chi connectivity index (χ0v) is 11.6. The van der Waals surface area contributed by atoms with Crippen LogP contribution in [-0.4, -0.2) is 47.6 Å². The lowest BCUT2D eigenvalue weighted by Crippen LogP contribution is -2.39. The van der Waals surface area contributed by atoms with Crippen LogP contribution in [0.15, 0.2) is 11.7 Å². The second-order valence-electron chi connectivity index (χ2n) is 4.87. The molecule has 1 unspecified atom stereocenters. The number of rotatable bonds is 5. The number of hydrogen-bond acceptors (Lipinski definition) is 4. The molecule has 1 N–H and O–H groups in total. The summed E-state index contributed by atoms with van der Waals surface area (Å²) in [6, 6.07) is -0.175. The number of aryl methyl sites for hydroxylation is 1. The van der Waals surface area contributed by atoms with E-state index in [1.807, 2.05) is 0 Å². The lowest BCUT2D eigenvalue weighted by Gasteiger charge is -2.18. The van der Waals surface area contributed by atoms with Gasteiger partial charge in [-0.05, 0) is 12.8 Å². The molecule has 1 amide bonds. The Bertz CT molecular complexity index is 436. The molecule has 1 aromatic heterocycles. The monoisotopic (exact) mass is 307 g/mol. The number of aromatic nitrogens is 1. The number of amides is 1. The highest BCUT2D eigenvalue weighted by atomic mass is 32.1. The Morgan fingerprint density at radius 1 is 1.55 bits per heavy atom. The standard InChI is InChI=1S/C12H16F3N3OS/c13-12(14,15)7-18-4-3-9(6-18)17-11(19)2-1-10-5-16-8-20-10/h5,8-9H,1-4,6-7H2,(H,17,19). The fourth-order valence-corrected chi connectivity index (χ4v) is 2.85. The maximum absolute atomic E-state index is 12.2. The zero-order valence-electron chi connectivity index (χ0n) is 10.8. The maximum atomic E-state index is 12.2. The number of likely N-dealkylation sites (tertiary alicyclic amines) is 1. The Morgan fingerprint density at radius 3 is 3.00 bits per heavy atom. The van der Waals surface area contributed by atoms with E-state index in [0.29, 0.717) is 25.8 Å². The fourth-order valence-electron chi connectivity index (χ4n) is 2.25. The average Bonchev–Trinajstić information content (AvgIpc) is 2.96.